The number of ether oxygens (including phenoxy) is 1. The van der Waals surface area contributed by atoms with Crippen LogP contribution in [0.1, 0.15) is 53.7 Å². The number of anilines is 1. The molecule has 32 heavy (non-hydrogen) atoms. The van der Waals surface area contributed by atoms with Crippen molar-refractivity contribution in [3.8, 4) is 5.75 Å². The molecule has 2 fully saturated rings. The van der Waals surface area contributed by atoms with Crippen molar-refractivity contribution >= 4 is 11.6 Å². The number of pyridine rings is 1. The normalized spacial score (nSPS) is 25.7. The van der Waals surface area contributed by atoms with Crippen LogP contribution in [-0.4, -0.2) is 49.5 Å². The maximum Gasteiger partial charge on any atom is 0.251 e. The highest BCUT2D eigenvalue weighted by Gasteiger charge is 2.24. The minimum absolute atomic E-state index is 0.0166. The molecule has 2 aromatic rings. The Morgan fingerprint density at radius 1 is 1.16 bits per heavy atom. The second-order valence-electron chi connectivity index (χ2n) is 8.78. The Hall–Kier alpha value is -2.68. The summed E-state index contributed by atoms with van der Waals surface area (Å²) in [5.74, 6) is 0.738. The molecule has 0 radical (unpaired) electrons. The summed E-state index contributed by atoms with van der Waals surface area (Å²) in [6.07, 6.45) is 6.33. The van der Waals surface area contributed by atoms with Gasteiger partial charge in [-0.15, -0.1) is 0 Å². The van der Waals surface area contributed by atoms with E-state index in [1.807, 2.05) is 37.4 Å². The van der Waals surface area contributed by atoms with Gasteiger partial charge < -0.3 is 20.7 Å². The first kappa shape index (κ1) is 22.5. The lowest BCUT2D eigenvalue weighted by atomic mass is 10.00. The Morgan fingerprint density at radius 3 is 2.81 bits per heavy atom. The van der Waals surface area contributed by atoms with E-state index >= 15 is 0 Å². The molecule has 0 aliphatic carbocycles. The second-order valence-corrected chi connectivity index (χ2v) is 8.78. The fourth-order valence-corrected chi connectivity index (χ4v) is 4.41. The number of piperidine rings is 1. The molecule has 2 aliphatic rings. The molecule has 4 unspecified atom stereocenters. The molecule has 0 spiro atoms. The first-order valence-electron chi connectivity index (χ1n) is 11.4. The molecule has 5 N–H and O–H groups in total. The molecule has 2 saturated heterocycles. The predicted octanol–water partition coefficient (Wildman–Crippen LogP) is 2.29. The molecular weight excluding hydrogens is 404 g/mol. The maximum atomic E-state index is 12.9. The van der Waals surface area contributed by atoms with E-state index in [0.29, 0.717) is 11.6 Å². The molecule has 1 aromatic carbocycles. The van der Waals surface area contributed by atoms with Crippen molar-refractivity contribution in [2.75, 3.05) is 25.5 Å². The predicted molar refractivity (Wildman–Crippen MR) is 126 cm³/mol. The SMILES string of the molecule is COc1cncc(C2CCNC(Nc3cc(C(=O)NC4CCNC(C)C4)ccc3C)N2)c1. The Balaban J connectivity index is 1.41. The third kappa shape index (κ3) is 5.56. The van der Waals surface area contributed by atoms with Gasteiger partial charge in [-0.3, -0.25) is 20.4 Å². The van der Waals surface area contributed by atoms with Crippen molar-refractivity contribution in [2.24, 2.45) is 0 Å². The molecule has 4 atom stereocenters. The van der Waals surface area contributed by atoms with E-state index in [2.05, 4.69) is 38.5 Å². The quantitative estimate of drug-likeness (QED) is 0.472. The molecule has 2 aliphatic heterocycles. The number of hydrogen-bond donors (Lipinski definition) is 5. The highest BCUT2D eigenvalue weighted by atomic mass is 16.5. The third-order valence-electron chi connectivity index (χ3n) is 6.28. The fourth-order valence-electron chi connectivity index (χ4n) is 4.41. The summed E-state index contributed by atoms with van der Waals surface area (Å²) < 4.78 is 5.32. The molecule has 8 nitrogen and oxygen atoms in total. The molecule has 0 bridgehead atoms. The number of carbonyl (C=O) groups excluding carboxylic acids is 1. The first-order chi connectivity index (χ1) is 15.5. The van der Waals surface area contributed by atoms with Gasteiger partial charge in [-0.1, -0.05) is 6.07 Å². The van der Waals surface area contributed by atoms with Crippen LogP contribution < -0.4 is 31.3 Å². The van der Waals surface area contributed by atoms with Gasteiger partial charge in [0.05, 0.1) is 13.3 Å². The van der Waals surface area contributed by atoms with Crippen molar-refractivity contribution < 1.29 is 9.53 Å². The molecule has 8 heteroatoms. The van der Waals surface area contributed by atoms with Crippen LogP contribution in [-0.2, 0) is 0 Å². The van der Waals surface area contributed by atoms with Gasteiger partial charge in [-0.05, 0) is 69.0 Å². The van der Waals surface area contributed by atoms with E-state index in [4.69, 9.17) is 4.74 Å². The number of carbonyl (C=O) groups is 1. The van der Waals surface area contributed by atoms with Gasteiger partial charge in [-0.2, -0.15) is 0 Å². The van der Waals surface area contributed by atoms with Crippen LogP contribution in [0.3, 0.4) is 0 Å². The van der Waals surface area contributed by atoms with E-state index in [1.165, 1.54) is 0 Å². The summed E-state index contributed by atoms with van der Waals surface area (Å²) >= 11 is 0. The molecule has 1 aromatic heterocycles. The molecule has 3 heterocycles. The lowest BCUT2D eigenvalue weighted by Crippen LogP contribution is -2.54. The molecule has 0 saturated carbocycles. The topological polar surface area (TPSA) is 99.3 Å². The number of amides is 1. The minimum atomic E-state index is -0.123. The van der Waals surface area contributed by atoms with Gasteiger partial charge in [-0.25, -0.2) is 0 Å². The summed E-state index contributed by atoms with van der Waals surface area (Å²) in [6.45, 7) is 6.01. The van der Waals surface area contributed by atoms with E-state index in [0.717, 1.165) is 54.9 Å². The molecular formula is C24H34N6O2. The zero-order chi connectivity index (χ0) is 22.5. The van der Waals surface area contributed by atoms with Gasteiger partial charge >= 0.3 is 0 Å². The van der Waals surface area contributed by atoms with E-state index < -0.39 is 0 Å². The fraction of sp³-hybridized carbons (Fsp3) is 0.500. The highest BCUT2D eigenvalue weighted by molar-refractivity contribution is 5.95. The van der Waals surface area contributed by atoms with E-state index in [9.17, 15) is 4.79 Å². The number of hydrogen-bond acceptors (Lipinski definition) is 7. The van der Waals surface area contributed by atoms with Crippen molar-refractivity contribution in [1.29, 1.82) is 0 Å². The molecule has 4 rings (SSSR count). The minimum Gasteiger partial charge on any atom is -0.495 e. The van der Waals surface area contributed by atoms with E-state index in [-0.39, 0.29) is 24.3 Å². The van der Waals surface area contributed by atoms with E-state index in [1.54, 1.807) is 13.3 Å². The monoisotopic (exact) mass is 438 g/mol. The summed E-state index contributed by atoms with van der Waals surface area (Å²) in [5.41, 5.74) is 3.80. The number of aryl methyl sites for hydroxylation is 1. The Morgan fingerprint density at radius 2 is 2.00 bits per heavy atom. The highest BCUT2D eigenvalue weighted by Crippen LogP contribution is 2.24. The van der Waals surface area contributed by atoms with Crippen LogP contribution >= 0.6 is 0 Å². The molecule has 172 valence electrons. The summed E-state index contributed by atoms with van der Waals surface area (Å²) in [7, 11) is 1.65. The lowest BCUT2D eigenvalue weighted by Gasteiger charge is -2.34. The zero-order valence-electron chi connectivity index (χ0n) is 19.1. The van der Waals surface area contributed by atoms with Gasteiger partial charge in [0.25, 0.3) is 5.91 Å². The van der Waals surface area contributed by atoms with Crippen LogP contribution in [0.4, 0.5) is 5.69 Å². The van der Waals surface area contributed by atoms with Gasteiger partial charge in [0.2, 0.25) is 0 Å². The standard InChI is InChI=1S/C24H34N6O2/c1-15-4-5-17(23(31)28-19-6-8-26-16(2)10-19)12-22(15)30-24-27-9-7-21(29-24)18-11-20(32-3)14-25-13-18/h4-5,11-14,16,19,21,24,26-27,29-30H,6-10H2,1-3H3,(H,28,31). The summed E-state index contributed by atoms with van der Waals surface area (Å²) in [6, 6.07) is 8.66. The van der Waals surface area contributed by atoms with Crippen molar-refractivity contribution in [3.05, 3.63) is 53.3 Å². The summed E-state index contributed by atoms with van der Waals surface area (Å²) in [4.78, 5) is 17.1. The average molecular weight is 439 g/mol. The van der Waals surface area contributed by atoms with Crippen LogP contribution in [0.25, 0.3) is 0 Å². The van der Waals surface area contributed by atoms with Gasteiger partial charge in [0.15, 0.2) is 0 Å². The Labute approximate surface area is 189 Å². The number of nitrogens with one attached hydrogen (secondary N) is 5. The average Bonchev–Trinajstić information content (AvgIpc) is 2.81. The Kier molecular flexibility index (Phi) is 7.24. The van der Waals surface area contributed by atoms with Crippen molar-refractivity contribution in [2.45, 2.75) is 57.5 Å². The summed E-state index contributed by atoms with van der Waals surface area (Å²) in [5, 5.41) is 17.2. The first-order valence-corrected chi connectivity index (χ1v) is 11.4. The third-order valence-corrected chi connectivity index (χ3v) is 6.28. The van der Waals surface area contributed by atoms with Crippen LogP contribution in [0, 0.1) is 6.92 Å². The number of methoxy groups -OCH3 is 1. The largest absolute Gasteiger partial charge is 0.495 e. The Bertz CT molecular complexity index is 936. The zero-order valence-corrected chi connectivity index (χ0v) is 19.1. The number of aromatic nitrogens is 1. The number of rotatable bonds is 6. The van der Waals surface area contributed by atoms with Crippen LogP contribution in [0.5, 0.6) is 5.75 Å². The number of benzene rings is 1. The lowest BCUT2D eigenvalue weighted by molar-refractivity contribution is 0.0925. The maximum absolute atomic E-state index is 12.9. The van der Waals surface area contributed by atoms with Crippen molar-refractivity contribution in [1.82, 2.24) is 26.3 Å². The smallest absolute Gasteiger partial charge is 0.251 e. The molecule has 1 amide bonds. The van der Waals surface area contributed by atoms with Crippen LogP contribution in [0.2, 0.25) is 0 Å². The second kappa shape index (κ2) is 10.3. The van der Waals surface area contributed by atoms with Crippen molar-refractivity contribution in [3.63, 3.8) is 0 Å². The van der Waals surface area contributed by atoms with Gasteiger partial charge in [0, 0.05) is 42.1 Å². The van der Waals surface area contributed by atoms with Crippen LogP contribution in [0.15, 0.2) is 36.7 Å². The number of nitrogens with zero attached hydrogens (tertiary/aromatic N) is 1. The van der Waals surface area contributed by atoms with Gasteiger partial charge in [0.1, 0.15) is 12.0 Å².